The number of halogens is 7. The summed E-state index contributed by atoms with van der Waals surface area (Å²) in [5, 5.41) is 3.08. The van der Waals surface area contributed by atoms with Crippen LogP contribution in [0.2, 0.25) is 0 Å². The summed E-state index contributed by atoms with van der Waals surface area (Å²) >= 11 is 0. The molecule has 0 aliphatic carbocycles. The topological polar surface area (TPSA) is 101 Å². The average Bonchev–Trinajstić information content (AvgIpc) is 2.88. The molecule has 0 aromatic rings. The van der Waals surface area contributed by atoms with E-state index >= 15 is 0 Å². The van der Waals surface area contributed by atoms with Crippen LogP contribution in [0.1, 0.15) is 46.5 Å². The number of ether oxygens (including phenoxy) is 3. The number of carbonyl (C=O) groups excluding carboxylic acids is 3. The van der Waals surface area contributed by atoms with Gasteiger partial charge in [-0.05, 0) is 59.5 Å². The fourth-order valence-corrected chi connectivity index (χ4v) is 5.56. The zero-order valence-corrected chi connectivity index (χ0v) is 24.7. The first-order valence-corrected chi connectivity index (χ1v) is 13.5. The summed E-state index contributed by atoms with van der Waals surface area (Å²) in [7, 11) is 0. The number of rotatable bonds is 0. The number of likely N-dealkylation sites (tertiary alicyclic amines) is 1. The van der Waals surface area contributed by atoms with Crippen molar-refractivity contribution in [3.05, 3.63) is 0 Å². The lowest BCUT2D eigenvalue weighted by atomic mass is 9.85. The molecule has 2 spiro atoms. The van der Waals surface area contributed by atoms with Gasteiger partial charge >= 0.3 is 30.3 Å². The van der Waals surface area contributed by atoms with Crippen LogP contribution in [0.25, 0.3) is 0 Å². The molecule has 4 rings (SSSR count). The van der Waals surface area contributed by atoms with E-state index in [9.17, 15) is 40.7 Å². The van der Waals surface area contributed by atoms with Crippen molar-refractivity contribution in [2.75, 3.05) is 65.7 Å². The summed E-state index contributed by atoms with van der Waals surface area (Å²) in [6.45, 7) is 7.36. The van der Waals surface area contributed by atoms with Gasteiger partial charge in [0.2, 0.25) is 0 Å². The minimum atomic E-state index is -4.91. The molecule has 0 aromatic heterocycles. The molecule has 10 nitrogen and oxygen atoms in total. The lowest BCUT2D eigenvalue weighted by molar-refractivity contribution is -0.202. The number of hydrogen-bond donors (Lipinski definition) is 1. The van der Waals surface area contributed by atoms with Crippen LogP contribution in [0.4, 0.5) is 31.1 Å². The van der Waals surface area contributed by atoms with Crippen LogP contribution in [-0.2, 0) is 23.8 Å². The Bertz CT molecular complexity index is 939. The number of piperidine rings is 2. The van der Waals surface area contributed by atoms with Crippen LogP contribution in [0.15, 0.2) is 0 Å². The zero-order chi connectivity index (χ0) is 30.7. The quantitative estimate of drug-likeness (QED) is 0.406. The molecule has 0 radical (unpaired) electrons. The summed E-state index contributed by atoms with van der Waals surface area (Å²) < 4.78 is 92.0. The van der Waals surface area contributed by atoms with Gasteiger partial charge in [0, 0.05) is 26.2 Å². The van der Waals surface area contributed by atoms with Gasteiger partial charge in [-0.25, -0.2) is 4.79 Å². The maximum atomic E-state index is 12.8. The Kier molecular flexibility index (Phi) is 11.8. The molecule has 0 aromatic carbocycles. The van der Waals surface area contributed by atoms with Crippen molar-refractivity contribution in [2.24, 2.45) is 0 Å². The summed E-state index contributed by atoms with van der Waals surface area (Å²) in [4.78, 5) is 38.5. The molecule has 4 aliphatic heterocycles. The van der Waals surface area contributed by atoms with Gasteiger partial charge in [0.25, 0.3) is 0 Å². The molecule has 3 amide bonds. The Balaban J connectivity index is 0.000000302. The van der Waals surface area contributed by atoms with Gasteiger partial charge in [0.05, 0.1) is 37.5 Å². The van der Waals surface area contributed by atoms with Gasteiger partial charge in [-0.3, -0.25) is 9.59 Å². The molecular formula is C25H39ClF6N4O6. The highest BCUT2D eigenvalue weighted by Crippen LogP contribution is 2.36. The van der Waals surface area contributed by atoms with E-state index in [2.05, 4.69) is 5.32 Å². The second kappa shape index (κ2) is 13.7. The molecule has 0 atom stereocenters. The van der Waals surface area contributed by atoms with Gasteiger partial charge in [0.15, 0.2) is 0 Å². The third-order valence-electron chi connectivity index (χ3n) is 7.66. The van der Waals surface area contributed by atoms with Crippen molar-refractivity contribution in [3.63, 3.8) is 0 Å². The van der Waals surface area contributed by atoms with Gasteiger partial charge in [-0.15, -0.1) is 12.4 Å². The van der Waals surface area contributed by atoms with E-state index in [0.29, 0.717) is 25.9 Å². The standard InChI is InChI=1S/C15H23F3N2O4.C10H15F3N2O2.ClH/c1-13(2,3)24-12(22)19-6-4-14(5-7-19)10-23-9-8-20(14)11(21)15(16,17)18;11-10(12,13)8(16)15-5-6-17-7-9(15)1-3-14-4-2-9;/h4-10H2,1-3H3;14H,1-7H2;1H. The van der Waals surface area contributed by atoms with E-state index in [4.69, 9.17) is 14.2 Å². The second-order valence-electron chi connectivity index (χ2n) is 11.7. The van der Waals surface area contributed by atoms with Crippen LogP contribution >= 0.6 is 12.4 Å². The smallest absolute Gasteiger partial charge is 0.444 e. The van der Waals surface area contributed by atoms with Crippen molar-refractivity contribution in [1.29, 1.82) is 0 Å². The molecule has 17 heteroatoms. The first-order chi connectivity index (χ1) is 18.9. The Morgan fingerprint density at radius 3 is 1.50 bits per heavy atom. The van der Waals surface area contributed by atoms with E-state index in [1.54, 1.807) is 20.8 Å². The van der Waals surface area contributed by atoms with Gasteiger partial charge in [-0.2, -0.15) is 26.3 Å². The van der Waals surface area contributed by atoms with Crippen LogP contribution in [0.3, 0.4) is 0 Å². The lowest BCUT2D eigenvalue weighted by Crippen LogP contribution is -2.65. The largest absolute Gasteiger partial charge is 0.471 e. The third-order valence-corrected chi connectivity index (χ3v) is 7.66. The van der Waals surface area contributed by atoms with Crippen molar-refractivity contribution in [3.8, 4) is 0 Å². The molecule has 0 saturated carbocycles. The normalized spacial score (nSPS) is 22.5. The highest BCUT2D eigenvalue weighted by molar-refractivity contribution is 5.85. The monoisotopic (exact) mass is 640 g/mol. The number of alkyl halides is 6. The highest BCUT2D eigenvalue weighted by atomic mass is 35.5. The second-order valence-corrected chi connectivity index (χ2v) is 11.7. The predicted octanol–water partition coefficient (Wildman–Crippen LogP) is 3.13. The number of nitrogens with zero attached hydrogens (tertiary/aromatic N) is 3. The summed E-state index contributed by atoms with van der Waals surface area (Å²) in [6, 6.07) is 0. The molecule has 4 aliphatic rings. The van der Waals surface area contributed by atoms with Gasteiger partial charge < -0.3 is 34.2 Å². The molecule has 0 bridgehead atoms. The first-order valence-electron chi connectivity index (χ1n) is 13.5. The number of nitrogens with one attached hydrogen (secondary N) is 1. The van der Waals surface area contributed by atoms with Crippen molar-refractivity contribution < 1.29 is 54.9 Å². The molecule has 4 fully saturated rings. The number of morpholine rings is 2. The zero-order valence-electron chi connectivity index (χ0n) is 23.9. The van der Waals surface area contributed by atoms with Crippen molar-refractivity contribution in [2.45, 2.75) is 75.5 Å². The van der Waals surface area contributed by atoms with E-state index in [0.717, 1.165) is 9.80 Å². The Labute approximate surface area is 246 Å². The van der Waals surface area contributed by atoms with Crippen LogP contribution in [0, 0.1) is 0 Å². The van der Waals surface area contributed by atoms with E-state index in [-0.39, 0.29) is 77.9 Å². The molecular weight excluding hydrogens is 602 g/mol. The minimum Gasteiger partial charge on any atom is -0.444 e. The van der Waals surface area contributed by atoms with Crippen LogP contribution in [0.5, 0.6) is 0 Å². The molecule has 4 heterocycles. The SMILES string of the molecule is CC(C)(C)OC(=O)N1CCC2(CC1)COCCN2C(=O)C(F)(F)F.Cl.O=C(N1CCOCC12CCNCC2)C(F)(F)F. The van der Waals surface area contributed by atoms with Crippen LogP contribution < -0.4 is 5.32 Å². The predicted molar refractivity (Wildman–Crippen MR) is 139 cm³/mol. The maximum Gasteiger partial charge on any atom is 0.471 e. The van der Waals surface area contributed by atoms with Crippen molar-refractivity contribution in [1.82, 2.24) is 20.0 Å². The van der Waals surface area contributed by atoms with Gasteiger partial charge in [-0.1, -0.05) is 0 Å². The van der Waals surface area contributed by atoms with Crippen molar-refractivity contribution >= 4 is 30.3 Å². The summed E-state index contributed by atoms with van der Waals surface area (Å²) in [6.07, 6.45) is -8.73. The Hall–Kier alpha value is -2.04. The fourth-order valence-electron chi connectivity index (χ4n) is 5.56. The number of hydrogen-bond acceptors (Lipinski definition) is 7. The number of amides is 3. The average molecular weight is 641 g/mol. The molecule has 244 valence electrons. The third kappa shape index (κ3) is 8.76. The fraction of sp³-hybridized carbons (Fsp3) is 0.880. The lowest BCUT2D eigenvalue weighted by Gasteiger charge is -2.50. The van der Waals surface area contributed by atoms with E-state index in [1.807, 2.05) is 0 Å². The molecule has 0 unspecified atom stereocenters. The van der Waals surface area contributed by atoms with Gasteiger partial charge in [0.1, 0.15) is 5.60 Å². The van der Waals surface area contributed by atoms with E-state index < -0.39 is 46.9 Å². The molecule has 4 saturated heterocycles. The maximum absolute atomic E-state index is 12.8. The Morgan fingerprint density at radius 1 is 0.714 bits per heavy atom. The first kappa shape index (κ1) is 36.2. The van der Waals surface area contributed by atoms with Crippen LogP contribution in [-0.4, -0.2) is 127 Å². The minimum absolute atomic E-state index is 0. The summed E-state index contributed by atoms with van der Waals surface area (Å²) in [5.74, 6) is -3.57. The summed E-state index contributed by atoms with van der Waals surface area (Å²) in [5.41, 5.74) is -2.42. The Morgan fingerprint density at radius 2 is 1.12 bits per heavy atom. The van der Waals surface area contributed by atoms with E-state index in [1.165, 1.54) is 4.90 Å². The molecule has 1 N–H and O–H groups in total. The highest BCUT2D eigenvalue weighted by Gasteiger charge is 2.53. The molecule has 42 heavy (non-hydrogen) atoms. The number of carbonyl (C=O) groups is 3.